The third kappa shape index (κ3) is 2.27. The quantitative estimate of drug-likeness (QED) is 0.813. The summed E-state index contributed by atoms with van der Waals surface area (Å²) >= 11 is 0. The molecule has 1 fully saturated rings. The molecule has 2 rings (SSSR count). The summed E-state index contributed by atoms with van der Waals surface area (Å²) in [4.78, 5) is 11.1. The molecule has 1 aliphatic heterocycles. The van der Waals surface area contributed by atoms with E-state index in [4.69, 9.17) is 4.42 Å². The minimum Gasteiger partial charge on any atom is -0.466 e. The highest BCUT2D eigenvalue weighted by Crippen LogP contribution is 2.22. The number of hydrogen-bond donors (Lipinski definition) is 2. The van der Waals surface area contributed by atoms with Gasteiger partial charge in [0.05, 0.1) is 0 Å². The number of carbonyl (C=O) groups is 1. The first-order valence-electron chi connectivity index (χ1n) is 5.66. The van der Waals surface area contributed by atoms with Crippen molar-refractivity contribution in [3.8, 4) is 0 Å². The van der Waals surface area contributed by atoms with E-state index >= 15 is 0 Å². The van der Waals surface area contributed by atoms with Crippen LogP contribution in [0.5, 0.6) is 0 Å². The van der Waals surface area contributed by atoms with Crippen molar-refractivity contribution in [1.29, 1.82) is 0 Å². The van der Waals surface area contributed by atoms with E-state index in [0.717, 1.165) is 18.1 Å². The minimum atomic E-state index is 0.129. The summed E-state index contributed by atoms with van der Waals surface area (Å²) in [5, 5.41) is 6.26. The third-order valence-electron chi connectivity index (χ3n) is 3.01. The van der Waals surface area contributed by atoms with Gasteiger partial charge in [0.1, 0.15) is 11.5 Å². The van der Waals surface area contributed by atoms with Crippen molar-refractivity contribution in [2.75, 3.05) is 6.54 Å². The zero-order valence-electron chi connectivity index (χ0n) is 9.96. The minimum absolute atomic E-state index is 0.129. The number of hydrogen-bond acceptors (Lipinski definition) is 3. The first-order valence-corrected chi connectivity index (χ1v) is 5.66. The molecule has 0 aromatic carbocycles. The molecule has 0 radical (unpaired) electrons. The number of nitrogens with one attached hydrogen (secondary N) is 2. The summed E-state index contributed by atoms with van der Waals surface area (Å²) in [6.45, 7) is 6.74. The van der Waals surface area contributed by atoms with Gasteiger partial charge >= 0.3 is 0 Å². The van der Waals surface area contributed by atoms with Gasteiger partial charge < -0.3 is 15.1 Å². The van der Waals surface area contributed by atoms with Crippen LogP contribution in [0.15, 0.2) is 10.5 Å². The highest BCUT2D eigenvalue weighted by molar-refractivity contribution is 5.78. The molecule has 4 heteroatoms. The molecule has 1 amide bonds. The normalized spacial score (nSPS) is 22.2. The van der Waals surface area contributed by atoms with Gasteiger partial charge in [0.2, 0.25) is 5.91 Å². The predicted octanol–water partition coefficient (Wildman–Crippen LogP) is 1.44. The number of furan rings is 1. The van der Waals surface area contributed by atoms with Crippen molar-refractivity contribution in [2.45, 2.75) is 39.3 Å². The highest BCUT2D eigenvalue weighted by atomic mass is 16.3. The van der Waals surface area contributed by atoms with E-state index in [2.05, 4.69) is 23.6 Å². The second kappa shape index (κ2) is 4.29. The monoisotopic (exact) mass is 222 g/mol. The summed E-state index contributed by atoms with van der Waals surface area (Å²) in [6.07, 6.45) is 0.570. The van der Waals surface area contributed by atoms with Crippen LogP contribution < -0.4 is 10.6 Å². The van der Waals surface area contributed by atoms with Crippen molar-refractivity contribution in [1.82, 2.24) is 10.6 Å². The van der Waals surface area contributed by atoms with Gasteiger partial charge in [0.25, 0.3) is 0 Å². The lowest BCUT2D eigenvalue weighted by Crippen LogP contribution is -2.33. The van der Waals surface area contributed by atoms with E-state index in [0.29, 0.717) is 6.42 Å². The van der Waals surface area contributed by atoms with E-state index in [1.807, 2.05) is 13.8 Å². The average Bonchev–Trinajstić information content (AvgIpc) is 2.73. The summed E-state index contributed by atoms with van der Waals surface area (Å²) < 4.78 is 5.50. The smallest absolute Gasteiger partial charge is 0.221 e. The van der Waals surface area contributed by atoms with Crippen LogP contribution in [0, 0.1) is 13.8 Å². The largest absolute Gasteiger partial charge is 0.466 e. The van der Waals surface area contributed by atoms with Crippen LogP contribution >= 0.6 is 0 Å². The Morgan fingerprint density at radius 1 is 1.56 bits per heavy atom. The Balaban J connectivity index is 2.00. The van der Waals surface area contributed by atoms with Gasteiger partial charge in [-0.1, -0.05) is 0 Å². The van der Waals surface area contributed by atoms with Crippen LogP contribution in [-0.4, -0.2) is 18.5 Å². The lowest BCUT2D eigenvalue weighted by atomic mass is 10.1. The van der Waals surface area contributed by atoms with Gasteiger partial charge in [-0.3, -0.25) is 4.79 Å². The number of amides is 1. The molecule has 1 aliphatic rings. The lowest BCUT2D eigenvalue weighted by molar-refractivity contribution is -0.119. The van der Waals surface area contributed by atoms with Gasteiger partial charge in [-0.15, -0.1) is 0 Å². The van der Waals surface area contributed by atoms with Crippen molar-refractivity contribution < 1.29 is 9.21 Å². The molecule has 1 aromatic heterocycles. The molecule has 1 saturated heterocycles. The van der Waals surface area contributed by atoms with Gasteiger partial charge in [0, 0.05) is 30.6 Å². The fourth-order valence-corrected chi connectivity index (χ4v) is 2.25. The average molecular weight is 222 g/mol. The molecule has 2 unspecified atom stereocenters. The fraction of sp³-hybridized carbons (Fsp3) is 0.583. The maximum atomic E-state index is 11.1. The van der Waals surface area contributed by atoms with Gasteiger partial charge in [-0.25, -0.2) is 0 Å². The van der Waals surface area contributed by atoms with Crippen LogP contribution in [0.25, 0.3) is 0 Å². The topological polar surface area (TPSA) is 54.3 Å². The van der Waals surface area contributed by atoms with Crippen LogP contribution in [0.3, 0.4) is 0 Å². The molecular formula is C12H18N2O2. The van der Waals surface area contributed by atoms with Gasteiger partial charge in [0.15, 0.2) is 0 Å². The molecule has 0 spiro atoms. The molecule has 16 heavy (non-hydrogen) atoms. The molecular weight excluding hydrogens is 204 g/mol. The molecule has 0 aliphatic carbocycles. The molecule has 0 saturated carbocycles. The van der Waals surface area contributed by atoms with Gasteiger partial charge in [-0.05, 0) is 26.8 Å². The fourth-order valence-electron chi connectivity index (χ4n) is 2.25. The van der Waals surface area contributed by atoms with Crippen molar-refractivity contribution in [2.24, 2.45) is 0 Å². The molecule has 0 bridgehead atoms. The second-order valence-corrected chi connectivity index (χ2v) is 4.46. The third-order valence-corrected chi connectivity index (χ3v) is 3.01. The Bertz CT molecular complexity index is 398. The first kappa shape index (κ1) is 11.2. The van der Waals surface area contributed by atoms with Crippen molar-refractivity contribution >= 4 is 5.91 Å². The molecule has 1 aromatic rings. The maximum absolute atomic E-state index is 11.1. The van der Waals surface area contributed by atoms with Crippen LogP contribution in [0.1, 0.15) is 36.5 Å². The van der Waals surface area contributed by atoms with Crippen molar-refractivity contribution in [3.05, 3.63) is 23.2 Å². The highest BCUT2D eigenvalue weighted by Gasteiger charge is 2.24. The Hall–Kier alpha value is -1.29. The zero-order valence-corrected chi connectivity index (χ0v) is 9.96. The number of aryl methyl sites for hydroxylation is 2. The van der Waals surface area contributed by atoms with Crippen LogP contribution in [0.2, 0.25) is 0 Å². The maximum Gasteiger partial charge on any atom is 0.221 e. The molecule has 4 nitrogen and oxygen atoms in total. The van der Waals surface area contributed by atoms with Crippen molar-refractivity contribution in [3.63, 3.8) is 0 Å². The van der Waals surface area contributed by atoms with Crippen LogP contribution in [0.4, 0.5) is 0 Å². The molecule has 2 atom stereocenters. The summed E-state index contributed by atoms with van der Waals surface area (Å²) in [5.74, 6) is 2.02. The first-order chi connectivity index (χ1) is 7.56. The molecule has 2 N–H and O–H groups in total. The summed E-state index contributed by atoms with van der Waals surface area (Å²) in [6, 6.07) is 2.50. The molecule has 2 heterocycles. The SMILES string of the molecule is Cc1cc(C(C)NC2CNC(=O)C2)c(C)o1. The number of carbonyl (C=O) groups excluding carboxylic acids is 1. The lowest BCUT2D eigenvalue weighted by Gasteiger charge is -2.17. The van der Waals surface area contributed by atoms with E-state index in [1.165, 1.54) is 5.56 Å². The van der Waals surface area contributed by atoms with E-state index in [9.17, 15) is 4.79 Å². The Kier molecular flexibility index (Phi) is 3.01. The zero-order chi connectivity index (χ0) is 11.7. The predicted molar refractivity (Wildman–Crippen MR) is 61.1 cm³/mol. The second-order valence-electron chi connectivity index (χ2n) is 4.46. The Morgan fingerprint density at radius 3 is 2.81 bits per heavy atom. The Labute approximate surface area is 95.4 Å². The molecule has 88 valence electrons. The van der Waals surface area contributed by atoms with Gasteiger partial charge in [-0.2, -0.15) is 0 Å². The van der Waals surface area contributed by atoms with E-state index in [-0.39, 0.29) is 18.0 Å². The van der Waals surface area contributed by atoms with Crippen LogP contribution in [-0.2, 0) is 4.79 Å². The summed E-state index contributed by atoms with van der Waals surface area (Å²) in [5.41, 5.74) is 1.18. The standard InChI is InChI=1S/C12H18N2O2/c1-7-4-11(9(3)16-7)8(2)14-10-5-12(15)13-6-10/h4,8,10,14H,5-6H2,1-3H3,(H,13,15). The van der Waals surface area contributed by atoms with E-state index < -0.39 is 0 Å². The van der Waals surface area contributed by atoms with E-state index in [1.54, 1.807) is 0 Å². The Morgan fingerprint density at radius 2 is 2.31 bits per heavy atom. The number of rotatable bonds is 3. The summed E-state index contributed by atoms with van der Waals surface area (Å²) in [7, 11) is 0.